The first kappa shape index (κ1) is 39.6. The third-order valence-electron chi connectivity index (χ3n) is 8.67. The fourth-order valence-corrected chi connectivity index (χ4v) is 6.83. The molecule has 3 N–H and O–H groups in total. The minimum Gasteiger partial charge on any atom is -0.490 e. The number of aliphatic hydroxyl groups is 1. The molecule has 51 heavy (non-hydrogen) atoms. The SMILES string of the molecule is C[C@@H]1CCCCO[C@@H](CN(C)S(=O)(=O)c2ccccc2)[C@H](C)CN([C@@H](C)CO)C(=O)c2cc(NC(=O)Nc3ccc(C(F)(F)F)cc3)ccc2O1. The summed E-state index contributed by atoms with van der Waals surface area (Å²) < 4.78 is 79.3. The van der Waals surface area contributed by atoms with E-state index in [1.807, 2.05) is 13.8 Å². The summed E-state index contributed by atoms with van der Waals surface area (Å²) in [5.41, 5.74) is -0.407. The van der Waals surface area contributed by atoms with E-state index in [9.17, 15) is 36.3 Å². The van der Waals surface area contributed by atoms with Crippen molar-refractivity contribution in [1.29, 1.82) is 0 Å². The van der Waals surface area contributed by atoms with Crippen LogP contribution in [0.5, 0.6) is 5.75 Å². The molecule has 11 nitrogen and oxygen atoms in total. The van der Waals surface area contributed by atoms with Crippen LogP contribution in [0.15, 0.2) is 77.7 Å². The fourth-order valence-electron chi connectivity index (χ4n) is 5.62. The lowest BCUT2D eigenvalue weighted by Gasteiger charge is -2.35. The van der Waals surface area contributed by atoms with Crippen molar-refractivity contribution in [3.8, 4) is 5.75 Å². The maximum absolute atomic E-state index is 14.3. The predicted octanol–water partition coefficient (Wildman–Crippen LogP) is 6.47. The highest BCUT2D eigenvalue weighted by atomic mass is 32.2. The molecule has 3 aromatic carbocycles. The summed E-state index contributed by atoms with van der Waals surface area (Å²) >= 11 is 0. The number of aliphatic hydroxyl groups excluding tert-OH is 1. The quantitative estimate of drug-likeness (QED) is 0.242. The van der Waals surface area contributed by atoms with Crippen molar-refractivity contribution < 1.29 is 45.8 Å². The first-order chi connectivity index (χ1) is 24.1. The highest BCUT2D eigenvalue weighted by molar-refractivity contribution is 7.89. The summed E-state index contributed by atoms with van der Waals surface area (Å²) in [6.07, 6.45) is -3.37. The molecular formula is C36H45F3N4O7S. The Morgan fingerprint density at radius 1 is 1.02 bits per heavy atom. The minimum atomic E-state index is -4.52. The Hall–Kier alpha value is -4.18. The summed E-state index contributed by atoms with van der Waals surface area (Å²) in [5.74, 6) is -0.626. The molecule has 15 heteroatoms. The standard InChI is InChI=1S/C36H45F3N4O7S/c1-24-21-43(25(2)23-44)34(45)31-20-29(41-35(46)40-28-15-13-27(14-16-28)36(37,38)39)17-18-32(31)50-26(3)10-8-9-19-49-33(24)22-42(4)51(47,48)30-11-6-5-7-12-30/h5-7,11-18,20,24-26,33,44H,8-10,19,21-23H2,1-4H3,(H2,40,41,46)/t24-,25+,26-,33+/m1/s1. The van der Waals surface area contributed by atoms with Crippen molar-refractivity contribution in [3.05, 3.63) is 83.9 Å². The number of carbonyl (C=O) groups excluding carboxylic acids is 2. The van der Waals surface area contributed by atoms with Gasteiger partial charge in [0.2, 0.25) is 10.0 Å². The zero-order chi connectivity index (χ0) is 37.3. The molecule has 0 bridgehead atoms. The topological polar surface area (TPSA) is 138 Å². The Balaban J connectivity index is 1.60. The molecule has 0 saturated carbocycles. The largest absolute Gasteiger partial charge is 0.490 e. The molecule has 0 aliphatic carbocycles. The molecule has 0 radical (unpaired) electrons. The van der Waals surface area contributed by atoms with E-state index in [0.29, 0.717) is 19.4 Å². The van der Waals surface area contributed by atoms with E-state index in [0.717, 1.165) is 30.7 Å². The van der Waals surface area contributed by atoms with Crippen LogP contribution in [0.4, 0.5) is 29.3 Å². The highest BCUT2D eigenvalue weighted by Gasteiger charge is 2.33. The van der Waals surface area contributed by atoms with Gasteiger partial charge in [-0.2, -0.15) is 17.5 Å². The Bertz CT molecular complexity index is 1730. The number of rotatable bonds is 8. The normalized spacial score (nSPS) is 20.1. The Kier molecular flexibility index (Phi) is 13.5. The van der Waals surface area contributed by atoms with E-state index in [1.165, 1.54) is 34.5 Å². The van der Waals surface area contributed by atoms with E-state index in [4.69, 9.17) is 9.47 Å². The molecule has 0 aromatic heterocycles. The van der Waals surface area contributed by atoms with Gasteiger partial charge >= 0.3 is 12.2 Å². The molecule has 0 unspecified atom stereocenters. The van der Waals surface area contributed by atoms with Crippen molar-refractivity contribution in [1.82, 2.24) is 9.21 Å². The number of halogens is 3. The highest BCUT2D eigenvalue weighted by Crippen LogP contribution is 2.31. The molecular weight excluding hydrogens is 689 g/mol. The van der Waals surface area contributed by atoms with Crippen LogP contribution in [-0.4, -0.2) is 86.3 Å². The number of nitrogens with zero attached hydrogens (tertiary/aromatic N) is 2. The van der Waals surface area contributed by atoms with Gasteiger partial charge in [-0.1, -0.05) is 25.1 Å². The van der Waals surface area contributed by atoms with Crippen molar-refractivity contribution in [2.24, 2.45) is 5.92 Å². The second-order valence-electron chi connectivity index (χ2n) is 12.8. The zero-order valence-electron chi connectivity index (χ0n) is 29.0. The summed E-state index contributed by atoms with van der Waals surface area (Å²) in [7, 11) is -2.34. The number of ether oxygens (including phenoxy) is 2. The van der Waals surface area contributed by atoms with E-state index in [2.05, 4.69) is 10.6 Å². The van der Waals surface area contributed by atoms with Crippen LogP contribution in [0.3, 0.4) is 0 Å². The lowest BCUT2D eigenvalue weighted by atomic mass is 10.0. The van der Waals surface area contributed by atoms with Gasteiger partial charge in [0, 0.05) is 44.0 Å². The van der Waals surface area contributed by atoms with Crippen LogP contribution < -0.4 is 15.4 Å². The van der Waals surface area contributed by atoms with E-state index < -0.39 is 51.8 Å². The average Bonchev–Trinajstić information content (AvgIpc) is 3.09. The van der Waals surface area contributed by atoms with Gasteiger partial charge in [0.15, 0.2) is 0 Å². The first-order valence-corrected chi connectivity index (χ1v) is 18.1. The van der Waals surface area contributed by atoms with Crippen LogP contribution in [0.2, 0.25) is 0 Å². The number of fused-ring (bicyclic) bond motifs is 1. The van der Waals surface area contributed by atoms with Gasteiger partial charge in [-0.3, -0.25) is 4.79 Å². The maximum Gasteiger partial charge on any atom is 0.416 e. The van der Waals surface area contributed by atoms with Crippen LogP contribution >= 0.6 is 0 Å². The summed E-state index contributed by atoms with van der Waals surface area (Å²) in [4.78, 5) is 28.8. The van der Waals surface area contributed by atoms with Gasteiger partial charge < -0.3 is 30.1 Å². The number of urea groups is 1. The summed E-state index contributed by atoms with van der Waals surface area (Å²) in [6.45, 7) is 5.51. The van der Waals surface area contributed by atoms with Gasteiger partial charge in [0.25, 0.3) is 5.91 Å². The predicted molar refractivity (Wildman–Crippen MR) is 187 cm³/mol. The minimum absolute atomic E-state index is 0.0200. The Morgan fingerprint density at radius 3 is 2.31 bits per heavy atom. The van der Waals surface area contributed by atoms with Gasteiger partial charge in [-0.15, -0.1) is 0 Å². The van der Waals surface area contributed by atoms with Crippen LogP contribution in [0.25, 0.3) is 0 Å². The number of benzene rings is 3. The molecule has 1 aliphatic rings. The van der Waals surface area contributed by atoms with Gasteiger partial charge in [0.05, 0.1) is 40.9 Å². The number of alkyl halides is 3. The number of sulfonamides is 1. The number of hydrogen-bond acceptors (Lipinski definition) is 7. The third kappa shape index (κ3) is 10.7. The Labute approximate surface area is 296 Å². The maximum atomic E-state index is 14.3. The molecule has 1 heterocycles. The molecule has 4 rings (SSSR count). The summed E-state index contributed by atoms with van der Waals surface area (Å²) in [6, 6.07) is 15.2. The Morgan fingerprint density at radius 2 is 1.67 bits per heavy atom. The molecule has 0 fully saturated rings. The summed E-state index contributed by atoms with van der Waals surface area (Å²) in [5, 5.41) is 15.3. The molecule has 1 aliphatic heterocycles. The number of amides is 3. The molecule has 278 valence electrons. The van der Waals surface area contributed by atoms with Gasteiger partial charge in [-0.05, 0) is 87.7 Å². The first-order valence-electron chi connectivity index (χ1n) is 16.7. The van der Waals surface area contributed by atoms with Crippen molar-refractivity contribution in [3.63, 3.8) is 0 Å². The van der Waals surface area contributed by atoms with E-state index >= 15 is 0 Å². The fraction of sp³-hybridized carbons (Fsp3) is 0.444. The van der Waals surface area contributed by atoms with Crippen molar-refractivity contribution >= 4 is 33.3 Å². The number of nitrogens with one attached hydrogen (secondary N) is 2. The molecule has 0 saturated heterocycles. The van der Waals surface area contributed by atoms with Gasteiger partial charge in [-0.25, -0.2) is 13.2 Å². The molecule has 4 atom stereocenters. The number of hydrogen-bond donors (Lipinski definition) is 3. The molecule has 3 amide bonds. The van der Waals surface area contributed by atoms with Crippen LogP contribution in [0, 0.1) is 5.92 Å². The van der Waals surface area contributed by atoms with E-state index in [1.54, 1.807) is 37.3 Å². The lowest BCUT2D eigenvalue weighted by molar-refractivity contribution is -0.137. The van der Waals surface area contributed by atoms with Gasteiger partial charge in [0.1, 0.15) is 5.75 Å². The van der Waals surface area contributed by atoms with Crippen LogP contribution in [-0.2, 0) is 20.9 Å². The molecule has 3 aromatic rings. The third-order valence-corrected chi connectivity index (χ3v) is 10.5. The average molecular weight is 735 g/mol. The van der Waals surface area contributed by atoms with Crippen molar-refractivity contribution in [2.75, 3.05) is 44.0 Å². The smallest absolute Gasteiger partial charge is 0.416 e. The number of anilines is 2. The number of carbonyl (C=O) groups is 2. The lowest BCUT2D eigenvalue weighted by Crippen LogP contribution is -2.48. The van der Waals surface area contributed by atoms with E-state index in [-0.39, 0.29) is 53.4 Å². The van der Waals surface area contributed by atoms with Crippen LogP contribution in [0.1, 0.15) is 56.0 Å². The van der Waals surface area contributed by atoms with Crippen molar-refractivity contribution in [2.45, 2.75) is 69.4 Å². The molecule has 0 spiro atoms. The zero-order valence-corrected chi connectivity index (χ0v) is 29.8. The number of likely N-dealkylation sites (N-methyl/N-ethyl adjacent to an activating group) is 1. The second kappa shape index (κ2) is 17.4. The monoisotopic (exact) mass is 734 g/mol. The second-order valence-corrected chi connectivity index (χ2v) is 14.8.